The van der Waals surface area contributed by atoms with Crippen LogP contribution in [0.15, 0.2) is 27.5 Å². The molecule has 0 N–H and O–H groups in total. The molecule has 0 saturated carbocycles. The normalized spacial score (nSPS) is 10.5. The van der Waals surface area contributed by atoms with Crippen LogP contribution < -0.4 is 0 Å². The van der Waals surface area contributed by atoms with E-state index >= 15 is 0 Å². The van der Waals surface area contributed by atoms with Crippen molar-refractivity contribution in [3.63, 3.8) is 0 Å². The summed E-state index contributed by atoms with van der Waals surface area (Å²) in [7, 11) is 0. The number of rotatable bonds is 1. The number of halogens is 3. The second-order valence-electron chi connectivity index (χ2n) is 2.61. The lowest BCUT2D eigenvalue weighted by Gasteiger charge is -2.00. The summed E-state index contributed by atoms with van der Waals surface area (Å²) in [5.41, 5.74) is 1.65. The molecule has 0 aliphatic heterocycles. The van der Waals surface area contributed by atoms with Crippen LogP contribution >= 0.6 is 49.9 Å². The van der Waals surface area contributed by atoms with Crippen molar-refractivity contribution in [3.8, 4) is 11.3 Å². The van der Waals surface area contributed by atoms with Crippen molar-refractivity contribution in [3.05, 3.63) is 36.9 Å². The van der Waals surface area contributed by atoms with Crippen LogP contribution in [0, 0.1) is 9.39 Å². The maximum absolute atomic E-state index is 13.0. The van der Waals surface area contributed by atoms with Crippen LogP contribution in [-0.4, -0.2) is 4.98 Å². The second kappa shape index (κ2) is 4.24. The van der Waals surface area contributed by atoms with Gasteiger partial charge in [-0.2, -0.15) is 0 Å². The molecule has 1 aromatic heterocycles. The predicted octanol–water partition coefficient (Wildman–Crippen LogP) is 4.32. The van der Waals surface area contributed by atoms with Gasteiger partial charge in [0.25, 0.3) is 0 Å². The monoisotopic (exact) mass is 383 g/mol. The van der Waals surface area contributed by atoms with E-state index in [1.807, 2.05) is 5.38 Å². The van der Waals surface area contributed by atoms with Gasteiger partial charge in [-0.05, 0) is 56.7 Å². The van der Waals surface area contributed by atoms with Crippen LogP contribution in [0.2, 0.25) is 0 Å². The smallest absolute Gasteiger partial charge is 0.159 e. The van der Waals surface area contributed by atoms with Crippen LogP contribution in [0.4, 0.5) is 4.39 Å². The summed E-state index contributed by atoms with van der Waals surface area (Å²) >= 11 is 6.95. The standard InChI is InChI=1S/C9H4BrFINS/c10-9-13-8(4-14-9)6-3-5(11)1-2-7(6)12/h1-4H. The third kappa shape index (κ3) is 2.14. The molecule has 0 saturated heterocycles. The Bertz CT molecular complexity index is 472. The molecule has 14 heavy (non-hydrogen) atoms. The van der Waals surface area contributed by atoms with Gasteiger partial charge in [0.1, 0.15) is 5.82 Å². The van der Waals surface area contributed by atoms with Gasteiger partial charge in [-0.1, -0.05) is 0 Å². The Morgan fingerprint density at radius 2 is 2.21 bits per heavy atom. The molecule has 0 fully saturated rings. The minimum Gasteiger partial charge on any atom is -0.229 e. The molecule has 72 valence electrons. The average Bonchev–Trinajstić information content (AvgIpc) is 2.56. The highest BCUT2D eigenvalue weighted by Gasteiger charge is 2.07. The van der Waals surface area contributed by atoms with E-state index in [9.17, 15) is 4.39 Å². The molecule has 0 aliphatic rings. The first-order valence-electron chi connectivity index (χ1n) is 3.73. The molecule has 1 aromatic carbocycles. The summed E-state index contributed by atoms with van der Waals surface area (Å²) in [4.78, 5) is 4.25. The van der Waals surface area contributed by atoms with Gasteiger partial charge in [-0.15, -0.1) is 11.3 Å². The van der Waals surface area contributed by atoms with Gasteiger partial charge in [0.05, 0.1) is 5.69 Å². The fraction of sp³-hybridized carbons (Fsp3) is 0. The molecule has 2 rings (SSSR count). The molecule has 0 spiro atoms. The van der Waals surface area contributed by atoms with Gasteiger partial charge in [0, 0.05) is 14.5 Å². The van der Waals surface area contributed by atoms with E-state index in [4.69, 9.17) is 0 Å². The SMILES string of the molecule is Fc1ccc(I)c(-c2csc(Br)n2)c1. The Balaban J connectivity index is 2.55. The summed E-state index contributed by atoms with van der Waals surface area (Å²) in [6.45, 7) is 0. The van der Waals surface area contributed by atoms with Crippen molar-refractivity contribution in [1.29, 1.82) is 0 Å². The van der Waals surface area contributed by atoms with Crippen molar-refractivity contribution in [2.24, 2.45) is 0 Å². The van der Waals surface area contributed by atoms with Crippen LogP contribution in [0.3, 0.4) is 0 Å². The van der Waals surface area contributed by atoms with Crippen molar-refractivity contribution >= 4 is 49.9 Å². The van der Waals surface area contributed by atoms with Crippen LogP contribution in [0.5, 0.6) is 0 Å². The molecule has 0 atom stereocenters. The van der Waals surface area contributed by atoms with Gasteiger partial charge in [0.2, 0.25) is 0 Å². The van der Waals surface area contributed by atoms with Crippen molar-refractivity contribution in [2.75, 3.05) is 0 Å². The summed E-state index contributed by atoms with van der Waals surface area (Å²) in [6.07, 6.45) is 0. The van der Waals surface area contributed by atoms with Crippen LogP contribution in [0.1, 0.15) is 0 Å². The topological polar surface area (TPSA) is 12.9 Å². The second-order valence-corrected chi connectivity index (χ2v) is 5.91. The minimum atomic E-state index is -0.232. The molecule has 1 nitrogen and oxygen atoms in total. The number of aromatic nitrogens is 1. The third-order valence-corrected chi connectivity index (χ3v) is 3.99. The zero-order valence-corrected chi connectivity index (χ0v) is 11.4. The Labute approximate surface area is 107 Å². The van der Waals surface area contributed by atoms with E-state index in [0.717, 1.165) is 18.7 Å². The van der Waals surface area contributed by atoms with Gasteiger partial charge >= 0.3 is 0 Å². The van der Waals surface area contributed by atoms with E-state index in [0.29, 0.717) is 0 Å². The highest BCUT2D eigenvalue weighted by molar-refractivity contribution is 14.1. The van der Waals surface area contributed by atoms with E-state index in [-0.39, 0.29) is 5.82 Å². The van der Waals surface area contributed by atoms with Gasteiger partial charge < -0.3 is 0 Å². The minimum absolute atomic E-state index is 0.232. The van der Waals surface area contributed by atoms with E-state index in [1.165, 1.54) is 23.5 Å². The molecule has 0 aliphatic carbocycles. The Morgan fingerprint density at radius 1 is 1.43 bits per heavy atom. The van der Waals surface area contributed by atoms with Crippen molar-refractivity contribution in [1.82, 2.24) is 4.98 Å². The molecule has 0 bridgehead atoms. The Hall–Kier alpha value is -0.0100. The number of thiazole rings is 1. The lowest BCUT2D eigenvalue weighted by Crippen LogP contribution is -1.84. The summed E-state index contributed by atoms with van der Waals surface area (Å²) in [6, 6.07) is 4.70. The highest BCUT2D eigenvalue weighted by Crippen LogP contribution is 2.29. The fourth-order valence-corrected chi connectivity index (χ4v) is 2.69. The summed E-state index contributed by atoms with van der Waals surface area (Å²) in [5, 5.41) is 1.90. The Kier molecular flexibility index (Phi) is 3.18. The van der Waals surface area contributed by atoms with Crippen LogP contribution in [0.25, 0.3) is 11.3 Å². The van der Waals surface area contributed by atoms with Gasteiger partial charge in [-0.25, -0.2) is 9.37 Å². The number of benzene rings is 1. The van der Waals surface area contributed by atoms with Gasteiger partial charge in [-0.3, -0.25) is 0 Å². The molecule has 0 radical (unpaired) electrons. The first-order chi connectivity index (χ1) is 6.66. The van der Waals surface area contributed by atoms with Crippen LogP contribution in [-0.2, 0) is 0 Å². The summed E-state index contributed by atoms with van der Waals surface area (Å²) < 4.78 is 14.8. The first-order valence-corrected chi connectivity index (χ1v) is 6.48. The zero-order chi connectivity index (χ0) is 10.1. The zero-order valence-electron chi connectivity index (χ0n) is 6.80. The average molecular weight is 384 g/mol. The number of hydrogen-bond acceptors (Lipinski definition) is 2. The lowest BCUT2D eigenvalue weighted by molar-refractivity contribution is 0.628. The van der Waals surface area contributed by atoms with E-state index < -0.39 is 0 Å². The lowest BCUT2D eigenvalue weighted by atomic mass is 10.2. The molecule has 5 heteroatoms. The maximum Gasteiger partial charge on any atom is 0.159 e. The first kappa shape index (κ1) is 10.5. The van der Waals surface area contributed by atoms with Gasteiger partial charge in [0.15, 0.2) is 3.92 Å². The molecular formula is C9H4BrFINS. The maximum atomic E-state index is 13.0. The number of hydrogen-bond donors (Lipinski definition) is 0. The van der Waals surface area contributed by atoms with Crippen molar-refractivity contribution in [2.45, 2.75) is 0 Å². The quantitative estimate of drug-likeness (QED) is 0.668. The van der Waals surface area contributed by atoms with Crippen molar-refractivity contribution < 1.29 is 4.39 Å². The number of nitrogens with zero attached hydrogens (tertiary/aromatic N) is 1. The highest BCUT2D eigenvalue weighted by atomic mass is 127. The van der Waals surface area contributed by atoms with E-state index in [2.05, 4.69) is 43.5 Å². The predicted molar refractivity (Wildman–Crippen MR) is 67.9 cm³/mol. The summed E-state index contributed by atoms with van der Waals surface area (Å²) in [5.74, 6) is -0.232. The third-order valence-electron chi connectivity index (χ3n) is 1.68. The molecule has 0 amide bonds. The van der Waals surface area contributed by atoms with E-state index in [1.54, 1.807) is 6.07 Å². The largest absolute Gasteiger partial charge is 0.229 e. The molecular weight excluding hydrogens is 380 g/mol. The Morgan fingerprint density at radius 3 is 2.86 bits per heavy atom. The molecule has 2 aromatic rings. The molecule has 0 unspecified atom stereocenters. The molecule has 1 heterocycles. The fourth-order valence-electron chi connectivity index (χ4n) is 1.07.